The molecule has 0 bridgehead atoms. The lowest BCUT2D eigenvalue weighted by molar-refractivity contribution is -0.146. The van der Waals surface area contributed by atoms with E-state index in [9.17, 15) is 14.4 Å². The third-order valence-corrected chi connectivity index (χ3v) is 2.55. The van der Waals surface area contributed by atoms with Crippen LogP contribution in [0.25, 0.3) is 0 Å². The van der Waals surface area contributed by atoms with Crippen LogP contribution in [0.4, 0.5) is 0 Å². The van der Waals surface area contributed by atoms with Crippen LogP contribution < -0.4 is 5.90 Å². The Morgan fingerprint density at radius 3 is 2.61 bits per heavy atom. The van der Waals surface area contributed by atoms with Crippen molar-refractivity contribution in [3.8, 4) is 0 Å². The summed E-state index contributed by atoms with van der Waals surface area (Å²) >= 11 is 0. The fraction of sp³-hybridized carbons (Fsp3) is 0.250. The molecule has 18 heavy (non-hydrogen) atoms. The fourth-order valence-corrected chi connectivity index (χ4v) is 1.56. The number of carbonyl (C=O) groups is 3. The number of methoxy groups -OCH3 is 1. The number of nitrogens with two attached hydrogens (primary N) is 1. The average Bonchev–Trinajstić information content (AvgIpc) is 2.56. The summed E-state index contributed by atoms with van der Waals surface area (Å²) < 4.78 is 4.65. The van der Waals surface area contributed by atoms with Crippen LogP contribution >= 0.6 is 0 Å². The highest BCUT2D eigenvalue weighted by Crippen LogP contribution is 2.29. The first-order valence-corrected chi connectivity index (χ1v) is 5.06. The molecule has 0 aromatic heterocycles. The molecular formula is C12H13NO5. The molecule has 0 aromatic rings. The summed E-state index contributed by atoms with van der Waals surface area (Å²) in [6.07, 6.45) is 6.17. The van der Waals surface area contributed by atoms with E-state index in [4.69, 9.17) is 5.90 Å². The Hall–Kier alpha value is -2.21. The average molecular weight is 251 g/mol. The second-order valence-corrected chi connectivity index (χ2v) is 3.84. The zero-order valence-electron chi connectivity index (χ0n) is 10.0. The van der Waals surface area contributed by atoms with Crippen LogP contribution in [0.5, 0.6) is 0 Å². The van der Waals surface area contributed by atoms with Gasteiger partial charge in [-0.2, -0.15) is 5.90 Å². The number of esters is 1. The van der Waals surface area contributed by atoms with Gasteiger partial charge in [0.25, 0.3) is 0 Å². The summed E-state index contributed by atoms with van der Waals surface area (Å²) in [7, 11) is 1.23. The number of carbonyl (C=O) groups excluding carboxylic acids is 3. The van der Waals surface area contributed by atoms with Gasteiger partial charge < -0.3 is 9.57 Å². The Morgan fingerprint density at radius 2 is 2.11 bits per heavy atom. The number of rotatable bonds is 3. The zero-order valence-corrected chi connectivity index (χ0v) is 10.0. The molecule has 96 valence electrons. The highest BCUT2D eigenvalue weighted by atomic mass is 16.7. The van der Waals surface area contributed by atoms with Crippen molar-refractivity contribution >= 4 is 18.2 Å². The molecule has 0 aromatic carbocycles. The lowest BCUT2D eigenvalue weighted by Crippen LogP contribution is -2.26. The van der Waals surface area contributed by atoms with E-state index in [0.29, 0.717) is 6.29 Å². The van der Waals surface area contributed by atoms with Gasteiger partial charge in [-0.15, -0.1) is 0 Å². The molecule has 0 fully saturated rings. The van der Waals surface area contributed by atoms with Gasteiger partial charge in [-0.05, 0) is 13.0 Å². The van der Waals surface area contributed by atoms with Gasteiger partial charge in [0.1, 0.15) is 5.41 Å². The van der Waals surface area contributed by atoms with Crippen molar-refractivity contribution in [1.29, 1.82) is 0 Å². The molecule has 0 heterocycles. The molecule has 2 N–H and O–H groups in total. The zero-order chi connectivity index (χ0) is 13.8. The Morgan fingerprint density at radius 1 is 1.44 bits per heavy atom. The quantitative estimate of drug-likeness (QED) is 0.437. The van der Waals surface area contributed by atoms with Crippen LogP contribution in [0.2, 0.25) is 0 Å². The fourth-order valence-electron chi connectivity index (χ4n) is 1.56. The molecule has 1 unspecified atom stereocenters. The number of hydrogen-bond acceptors (Lipinski definition) is 6. The summed E-state index contributed by atoms with van der Waals surface area (Å²) in [6, 6.07) is 0. The molecule has 1 atom stereocenters. The Bertz CT molecular complexity index is 475. The molecule has 0 amide bonds. The Kier molecular flexibility index (Phi) is 4.17. The summed E-state index contributed by atoms with van der Waals surface area (Å²) in [5.74, 6) is 3.33. The van der Waals surface area contributed by atoms with E-state index >= 15 is 0 Å². The maximum atomic E-state index is 11.7. The number of aldehydes is 1. The maximum Gasteiger partial charge on any atom is 0.357 e. The van der Waals surface area contributed by atoms with Gasteiger partial charge in [0.2, 0.25) is 0 Å². The highest BCUT2D eigenvalue weighted by molar-refractivity contribution is 6.03. The first-order chi connectivity index (χ1) is 8.48. The third-order valence-electron chi connectivity index (χ3n) is 2.55. The minimum Gasteiger partial charge on any atom is -0.468 e. The SMILES string of the molecule is COC(=O)C1(C)C=CC=C(C=O)C(C(=O)ON)=C1. The van der Waals surface area contributed by atoms with Crippen LogP contribution in [-0.4, -0.2) is 25.3 Å². The van der Waals surface area contributed by atoms with E-state index in [1.165, 1.54) is 31.4 Å². The molecule has 0 spiro atoms. The summed E-state index contributed by atoms with van der Waals surface area (Å²) in [5.41, 5.74) is -1.17. The first kappa shape index (κ1) is 13.9. The van der Waals surface area contributed by atoms with Crippen LogP contribution in [0, 0.1) is 5.41 Å². The van der Waals surface area contributed by atoms with Crippen molar-refractivity contribution in [2.24, 2.45) is 11.3 Å². The van der Waals surface area contributed by atoms with Gasteiger partial charge >= 0.3 is 11.9 Å². The van der Waals surface area contributed by atoms with Crippen molar-refractivity contribution < 1.29 is 24.0 Å². The van der Waals surface area contributed by atoms with E-state index in [2.05, 4.69) is 9.57 Å². The first-order valence-electron chi connectivity index (χ1n) is 5.06. The van der Waals surface area contributed by atoms with Crippen molar-refractivity contribution in [3.05, 3.63) is 35.5 Å². The van der Waals surface area contributed by atoms with Gasteiger partial charge in [-0.25, -0.2) is 4.79 Å². The molecule has 0 radical (unpaired) electrons. The summed E-state index contributed by atoms with van der Waals surface area (Å²) in [4.78, 5) is 38.2. The van der Waals surface area contributed by atoms with E-state index in [0.717, 1.165) is 0 Å². The van der Waals surface area contributed by atoms with E-state index < -0.39 is 17.4 Å². The lowest BCUT2D eigenvalue weighted by Gasteiger charge is -2.18. The predicted molar refractivity (Wildman–Crippen MR) is 61.8 cm³/mol. The topological polar surface area (TPSA) is 95.7 Å². The smallest absolute Gasteiger partial charge is 0.357 e. The predicted octanol–water partition coefficient (Wildman–Crippen LogP) is 0.204. The van der Waals surface area contributed by atoms with Crippen molar-refractivity contribution in [3.63, 3.8) is 0 Å². The Balaban J connectivity index is 3.34. The van der Waals surface area contributed by atoms with Gasteiger partial charge in [0.15, 0.2) is 6.29 Å². The second kappa shape index (κ2) is 5.42. The van der Waals surface area contributed by atoms with Crippen LogP contribution in [-0.2, 0) is 24.0 Å². The minimum atomic E-state index is -1.17. The third kappa shape index (κ3) is 2.54. The molecular weight excluding hydrogens is 238 g/mol. The van der Waals surface area contributed by atoms with Gasteiger partial charge in [-0.3, -0.25) is 9.59 Å². The van der Waals surface area contributed by atoms with Crippen molar-refractivity contribution in [2.75, 3.05) is 7.11 Å². The largest absolute Gasteiger partial charge is 0.468 e. The molecule has 6 heteroatoms. The monoisotopic (exact) mass is 251 g/mol. The van der Waals surface area contributed by atoms with Crippen LogP contribution in [0.1, 0.15) is 6.92 Å². The van der Waals surface area contributed by atoms with E-state index in [1.807, 2.05) is 0 Å². The van der Waals surface area contributed by atoms with Crippen molar-refractivity contribution in [2.45, 2.75) is 6.92 Å². The molecule has 0 saturated carbocycles. The van der Waals surface area contributed by atoms with E-state index in [-0.39, 0.29) is 11.1 Å². The molecule has 1 aliphatic rings. The standard InChI is InChI=1S/C12H13NO5/c1-12(11(16)17-2)5-3-4-8(7-14)9(6-12)10(15)18-13/h3-7H,13H2,1-2H3. The Labute approximate surface area is 104 Å². The lowest BCUT2D eigenvalue weighted by atomic mass is 9.88. The molecule has 0 aliphatic heterocycles. The molecule has 1 rings (SSSR count). The summed E-state index contributed by atoms with van der Waals surface area (Å²) in [6.45, 7) is 1.54. The normalized spacial score (nSPS) is 22.4. The molecule has 1 aliphatic carbocycles. The maximum absolute atomic E-state index is 11.7. The summed E-state index contributed by atoms with van der Waals surface area (Å²) in [5, 5.41) is 0. The van der Waals surface area contributed by atoms with Gasteiger partial charge in [0, 0.05) is 5.57 Å². The van der Waals surface area contributed by atoms with Crippen LogP contribution in [0.15, 0.2) is 35.5 Å². The molecule has 6 nitrogen and oxygen atoms in total. The van der Waals surface area contributed by atoms with Crippen LogP contribution in [0.3, 0.4) is 0 Å². The minimum absolute atomic E-state index is 0.0781. The second-order valence-electron chi connectivity index (χ2n) is 3.84. The number of ether oxygens (including phenoxy) is 1. The van der Waals surface area contributed by atoms with Crippen molar-refractivity contribution in [1.82, 2.24) is 0 Å². The molecule has 0 saturated heterocycles. The van der Waals surface area contributed by atoms with E-state index in [1.54, 1.807) is 6.92 Å². The number of allylic oxidation sites excluding steroid dienone is 2. The van der Waals surface area contributed by atoms with Gasteiger partial charge in [0.05, 0.1) is 12.7 Å². The number of hydrogen-bond donors (Lipinski definition) is 1. The van der Waals surface area contributed by atoms with Gasteiger partial charge in [-0.1, -0.05) is 18.2 Å². The highest BCUT2D eigenvalue weighted by Gasteiger charge is 2.33.